The van der Waals surface area contributed by atoms with Gasteiger partial charge in [-0.2, -0.15) is 13.2 Å². The Kier molecular flexibility index (Phi) is 5.56. The molecule has 0 bridgehead atoms. The second-order valence-electron chi connectivity index (χ2n) is 8.49. The van der Waals surface area contributed by atoms with E-state index in [1.807, 2.05) is 0 Å². The Hall–Kier alpha value is -2.48. The third kappa shape index (κ3) is 3.78. The normalized spacial score (nSPS) is 26.0. The van der Waals surface area contributed by atoms with Gasteiger partial charge >= 0.3 is 6.18 Å². The van der Waals surface area contributed by atoms with E-state index in [1.165, 1.54) is 31.2 Å². The van der Waals surface area contributed by atoms with E-state index in [-0.39, 0.29) is 47.4 Å². The Morgan fingerprint density at radius 3 is 2.22 bits per heavy atom. The lowest BCUT2D eigenvalue weighted by molar-refractivity contribution is -0.185. The molecule has 4 rings (SSSR count). The van der Waals surface area contributed by atoms with E-state index in [0.717, 1.165) is 6.07 Å². The van der Waals surface area contributed by atoms with Gasteiger partial charge < -0.3 is 5.32 Å². The van der Waals surface area contributed by atoms with Gasteiger partial charge in [0.15, 0.2) is 5.78 Å². The molecule has 2 aliphatic rings. The maximum Gasteiger partial charge on any atom is 0.391 e. The first kappa shape index (κ1) is 22.7. The van der Waals surface area contributed by atoms with Crippen LogP contribution in [0.2, 0.25) is 5.02 Å². The fourth-order valence-corrected chi connectivity index (χ4v) is 4.82. The smallest absolute Gasteiger partial charge is 0.343 e. The number of carbonyl (C=O) groups is 2. The maximum atomic E-state index is 14.7. The highest BCUT2D eigenvalue weighted by atomic mass is 35.5. The minimum absolute atomic E-state index is 0.0812. The third-order valence-electron chi connectivity index (χ3n) is 6.61. The lowest BCUT2D eigenvalue weighted by Crippen LogP contribution is -2.50. The van der Waals surface area contributed by atoms with Crippen LogP contribution in [0.1, 0.15) is 42.7 Å². The molecule has 1 unspecified atom stereocenters. The van der Waals surface area contributed by atoms with Crippen LogP contribution in [0.4, 0.5) is 22.0 Å². The molecule has 1 aliphatic heterocycles. The van der Waals surface area contributed by atoms with Gasteiger partial charge in [-0.05, 0) is 79.1 Å². The lowest BCUT2D eigenvalue weighted by Gasteiger charge is -2.36. The summed E-state index contributed by atoms with van der Waals surface area (Å²) in [4.78, 5) is 26.1. The van der Waals surface area contributed by atoms with Gasteiger partial charge in [0.05, 0.1) is 16.5 Å². The summed E-state index contributed by atoms with van der Waals surface area (Å²) < 4.78 is 67.8. The summed E-state index contributed by atoms with van der Waals surface area (Å²) in [5.74, 6) is -5.47. The summed E-state index contributed by atoms with van der Waals surface area (Å²) in [7, 11) is 0. The van der Waals surface area contributed by atoms with Crippen molar-refractivity contribution in [3.63, 3.8) is 0 Å². The van der Waals surface area contributed by atoms with Crippen molar-refractivity contribution in [2.75, 3.05) is 0 Å². The Labute approximate surface area is 185 Å². The van der Waals surface area contributed by atoms with Gasteiger partial charge in [-0.1, -0.05) is 17.7 Å². The van der Waals surface area contributed by atoms with E-state index >= 15 is 0 Å². The molecule has 1 saturated carbocycles. The predicted octanol–water partition coefficient (Wildman–Crippen LogP) is 5.87. The molecule has 3 nitrogen and oxygen atoms in total. The van der Waals surface area contributed by atoms with Crippen molar-refractivity contribution in [3.8, 4) is 11.1 Å². The molecule has 2 aromatic rings. The van der Waals surface area contributed by atoms with E-state index in [1.54, 1.807) is 0 Å². The summed E-state index contributed by atoms with van der Waals surface area (Å²) in [6.45, 7) is 1.42. The first-order chi connectivity index (χ1) is 14.9. The molecule has 1 heterocycles. The van der Waals surface area contributed by atoms with Crippen LogP contribution in [0, 0.1) is 24.5 Å². The van der Waals surface area contributed by atoms with Gasteiger partial charge in [0.1, 0.15) is 17.6 Å². The molecule has 1 atom stereocenters. The minimum Gasteiger partial charge on any atom is -0.343 e. The highest BCUT2D eigenvalue weighted by Gasteiger charge is 2.56. The number of alkyl halides is 3. The second kappa shape index (κ2) is 7.83. The molecule has 2 fully saturated rings. The van der Waals surface area contributed by atoms with Crippen molar-refractivity contribution < 1.29 is 31.5 Å². The van der Waals surface area contributed by atoms with Crippen molar-refractivity contribution >= 4 is 23.3 Å². The highest BCUT2D eigenvalue weighted by Crippen LogP contribution is 2.46. The number of hydrogen-bond acceptors (Lipinski definition) is 2. The van der Waals surface area contributed by atoms with Crippen LogP contribution in [-0.2, 0) is 9.59 Å². The van der Waals surface area contributed by atoms with Crippen LogP contribution >= 0.6 is 11.6 Å². The molecule has 1 aliphatic carbocycles. The molecule has 1 N–H and O–H groups in total. The first-order valence-electron chi connectivity index (χ1n) is 10.1. The van der Waals surface area contributed by atoms with Gasteiger partial charge in [0, 0.05) is 0 Å². The second-order valence-corrected chi connectivity index (χ2v) is 8.89. The number of Topliss-reactive ketones (excluding diaryl/α,β-unsaturated/α-hetero) is 1. The largest absolute Gasteiger partial charge is 0.391 e. The number of amides is 1. The zero-order valence-electron chi connectivity index (χ0n) is 17.0. The van der Waals surface area contributed by atoms with Crippen LogP contribution in [0.25, 0.3) is 11.1 Å². The van der Waals surface area contributed by atoms with Gasteiger partial charge in [-0.15, -0.1) is 0 Å². The lowest BCUT2D eigenvalue weighted by atomic mass is 9.72. The Morgan fingerprint density at radius 2 is 1.62 bits per heavy atom. The molecular formula is C23H19ClF5NO2. The molecule has 32 heavy (non-hydrogen) atoms. The average Bonchev–Trinajstić information content (AvgIpc) is 2.95. The molecule has 2 aromatic carbocycles. The fourth-order valence-electron chi connectivity index (χ4n) is 4.70. The van der Waals surface area contributed by atoms with Crippen LogP contribution in [0.3, 0.4) is 0 Å². The van der Waals surface area contributed by atoms with E-state index in [4.69, 9.17) is 11.6 Å². The van der Waals surface area contributed by atoms with Crippen LogP contribution in [0.15, 0.2) is 30.3 Å². The summed E-state index contributed by atoms with van der Waals surface area (Å²) in [5.41, 5.74) is -0.626. The Bertz CT molecular complexity index is 1110. The van der Waals surface area contributed by atoms with Gasteiger partial charge in [-0.25, -0.2) is 8.78 Å². The predicted molar refractivity (Wildman–Crippen MR) is 108 cm³/mol. The monoisotopic (exact) mass is 471 g/mol. The maximum absolute atomic E-state index is 14.7. The molecule has 0 radical (unpaired) electrons. The van der Waals surface area contributed by atoms with Gasteiger partial charge in [-0.3, -0.25) is 9.59 Å². The number of carbonyl (C=O) groups excluding carboxylic acids is 2. The molecule has 1 amide bonds. The molecule has 1 saturated heterocycles. The number of halogens is 6. The van der Waals surface area contributed by atoms with Crippen molar-refractivity contribution in [2.45, 2.75) is 50.2 Å². The SMILES string of the molecule is Cc1c(F)cc(-c2ccc(Cl)c(F)c2)cc1C1C(=O)NC2(CCC(C(F)(F)F)CC2)C1=O. The molecule has 1 spiro atoms. The van der Waals surface area contributed by atoms with E-state index < -0.39 is 46.9 Å². The van der Waals surface area contributed by atoms with Crippen LogP contribution in [-0.4, -0.2) is 23.4 Å². The summed E-state index contributed by atoms with van der Waals surface area (Å²) in [5, 5.41) is 2.50. The first-order valence-corrected chi connectivity index (χ1v) is 10.5. The zero-order valence-corrected chi connectivity index (χ0v) is 17.7. The van der Waals surface area contributed by atoms with Crippen LogP contribution in [0.5, 0.6) is 0 Å². The van der Waals surface area contributed by atoms with E-state index in [9.17, 15) is 31.5 Å². The molecule has 9 heteroatoms. The minimum atomic E-state index is -4.35. The van der Waals surface area contributed by atoms with E-state index in [2.05, 4.69) is 5.32 Å². The summed E-state index contributed by atoms with van der Waals surface area (Å²) >= 11 is 5.70. The van der Waals surface area contributed by atoms with Crippen molar-refractivity contribution in [1.29, 1.82) is 0 Å². The van der Waals surface area contributed by atoms with Crippen LogP contribution < -0.4 is 5.32 Å². The number of hydrogen-bond donors (Lipinski definition) is 1. The standard InChI is InChI=1S/C23H19ClF5NO2/c1-11-15(8-13(10-17(11)25)12-2-3-16(24)18(26)9-12)19-20(31)22(30-21(19)32)6-4-14(5-7-22)23(27,28)29/h2-3,8-10,14,19H,4-7H2,1H3,(H,30,32). The number of benzene rings is 2. The molecular weight excluding hydrogens is 453 g/mol. The number of nitrogens with one attached hydrogen (secondary N) is 1. The molecule has 170 valence electrons. The number of rotatable bonds is 2. The van der Waals surface area contributed by atoms with Gasteiger partial charge in [0.2, 0.25) is 5.91 Å². The summed E-state index contributed by atoms with van der Waals surface area (Å²) in [6, 6.07) is 6.53. The Balaban J connectivity index is 1.69. The topological polar surface area (TPSA) is 46.2 Å². The quantitative estimate of drug-likeness (QED) is 0.440. The zero-order chi connectivity index (χ0) is 23.4. The van der Waals surface area contributed by atoms with Gasteiger partial charge in [0.25, 0.3) is 0 Å². The third-order valence-corrected chi connectivity index (χ3v) is 6.92. The molecule has 0 aromatic heterocycles. The average molecular weight is 472 g/mol. The van der Waals surface area contributed by atoms with Crippen molar-refractivity contribution in [1.82, 2.24) is 5.32 Å². The van der Waals surface area contributed by atoms with Crippen molar-refractivity contribution in [3.05, 3.63) is 58.1 Å². The summed E-state index contributed by atoms with van der Waals surface area (Å²) in [6.07, 6.45) is -5.13. The Morgan fingerprint density at radius 1 is 1.00 bits per heavy atom. The highest BCUT2D eigenvalue weighted by molar-refractivity contribution is 6.30. The van der Waals surface area contributed by atoms with Crippen molar-refractivity contribution in [2.24, 2.45) is 5.92 Å². The number of ketones is 1. The van der Waals surface area contributed by atoms with E-state index in [0.29, 0.717) is 5.56 Å². The fraction of sp³-hybridized carbons (Fsp3) is 0.391.